The van der Waals surface area contributed by atoms with E-state index < -0.39 is 0 Å². The summed E-state index contributed by atoms with van der Waals surface area (Å²) in [6.07, 6.45) is 2.52. The number of rotatable bonds is 6. The van der Waals surface area contributed by atoms with Gasteiger partial charge in [0.05, 0.1) is 11.0 Å². The van der Waals surface area contributed by atoms with Crippen molar-refractivity contribution in [1.82, 2.24) is 4.90 Å². The Kier molecular flexibility index (Phi) is 5.52. The van der Waals surface area contributed by atoms with E-state index in [-0.39, 0.29) is 16.7 Å². The lowest BCUT2D eigenvalue weighted by Gasteiger charge is -2.30. The van der Waals surface area contributed by atoms with E-state index in [0.29, 0.717) is 18.8 Å². The van der Waals surface area contributed by atoms with E-state index in [1.165, 1.54) is 0 Å². The van der Waals surface area contributed by atoms with Crippen molar-refractivity contribution in [2.24, 2.45) is 0 Å². The predicted octanol–water partition coefficient (Wildman–Crippen LogP) is 2.37. The van der Waals surface area contributed by atoms with Crippen LogP contribution in [0.3, 0.4) is 0 Å². The molecule has 21 heavy (non-hydrogen) atoms. The van der Waals surface area contributed by atoms with Crippen molar-refractivity contribution in [3.8, 4) is 0 Å². The first-order chi connectivity index (χ1) is 10.1. The van der Waals surface area contributed by atoms with Gasteiger partial charge in [-0.25, -0.2) is 0 Å². The van der Waals surface area contributed by atoms with Gasteiger partial charge in [-0.1, -0.05) is 13.0 Å². The topological polar surface area (TPSA) is 78.6 Å². The van der Waals surface area contributed by atoms with Crippen molar-refractivity contribution in [2.45, 2.75) is 38.8 Å². The fraction of sp³-hybridized carbons (Fsp3) is 0.600. The average molecular weight is 293 g/mol. The molecule has 0 aliphatic carbocycles. The van der Waals surface area contributed by atoms with Crippen molar-refractivity contribution in [1.29, 1.82) is 0 Å². The highest BCUT2D eigenvalue weighted by atomic mass is 16.6. The normalized spacial score (nSPS) is 19.4. The third-order valence-electron chi connectivity index (χ3n) is 3.71. The van der Waals surface area contributed by atoms with E-state index in [0.717, 1.165) is 37.9 Å². The molecular formula is C15H23N3O3. The Balaban J connectivity index is 2.10. The summed E-state index contributed by atoms with van der Waals surface area (Å²) in [5.41, 5.74) is 1.73. The van der Waals surface area contributed by atoms with Gasteiger partial charge in [0.2, 0.25) is 0 Å². The van der Waals surface area contributed by atoms with Crippen LogP contribution in [0.1, 0.15) is 31.7 Å². The van der Waals surface area contributed by atoms with Gasteiger partial charge in [0.25, 0.3) is 5.69 Å². The Hall–Kier alpha value is -1.66. The molecule has 1 heterocycles. The average Bonchev–Trinajstić information content (AvgIpc) is 2.45. The second kappa shape index (κ2) is 7.38. The maximum atomic E-state index is 11.1. The monoisotopic (exact) mass is 293 g/mol. The maximum Gasteiger partial charge on any atom is 0.292 e. The lowest BCUT2D eigenvalue weighted by atomic mass is 10.1. The summed E-state index contributed by atoms with van der Waals surface area (Å²) in [5.74, 6) is 0. The maximum absolute atomic E-state index is 11.1. The number of hydrogen-bond donors (Lipinski definition) is 2. The molecule has 1 fully saturated rings. The van der Waals surface area contributed by atoms with Crippen LogP contribution in [0.25, 0.3) is 0 Å². The number of nitrogens with zero attached hydrogens (tertiary/aromatic N) is 2. The quantitative estimate of drug-likeness (QED) is 0.622. The highest BCUT2D eigenvalue weighted by molar-refractivity contribution is 5.62. The van der Waals surface area contributed by atoms with Crippen LogP contribution in [0.4, 0.5) is 11.4 Å². The van der Waals surface area contributed by atoms with Gasteiger partial charge in [0, 0.05) is 25.7 Å². The van der Waals surface area contributed by atoms with E-state index >= 15 is 0 Å². The third-order valence-corrected chi connectivity index (χ3v) is 3.71. The van der Waals surface area contributed by atoms with E-state index in [1.807, 2.05) is 13.0 Å². The lowest BCUT2D eigenvalue weighted by Crippen LogP contribution is -2.37. The van der Waals surface area contributed by atoms with E-state index in [1.54, 1.807) is 12.1 Å². The molecule has 2 N–H and O–H groups in total. The molecule has 6 nitrogen and oxygen atoms in total. The number of benzene rings is 1. The van der Waals surface area contributed by atoms with Gasteiger partial charge in [-0.15, -0.1) is 0 Å². The summed E-state index contributed by atoms with van der Waals surface area (Å²) in [6.45, 7) is 5.10. The van der Waals surface area contributed by atoms with Crippen LogP contribution in [-0.4, -0.2) is 40.7 Å². The first-order valence-electron chi connectivity index (χ1n) is 7.51. The molecule has 1 aliphatic rings. The van der Waals surface area contributed by atoms with Gasteiger partial charge in [0.1, 0.15) is 5.69 Å². The first-order valence-corrected chi connectivity index (χ1v) is 7.51. The van der Waals surface area contributed by atoms with Gasteiger partial charge in [-0.2, -0.15) is 0 Å². The number of aliphatic hydroxyl groups excluding tert-OH is 1. The molecule has 2 rings (SSSR count). The number of β-amino-alcohol motifs (C(OH)–C–C–N with tert-alkyl or cyclic N) is 1. The Labute approximate surface area is 124 Å². The fourth-order valence-electron chi connectivity index (χ4n) is 2.67. The smallest absolute Gasteiger partial charge is 0.292 e. The van der Waals surface area contributed by atoms with Gasteiger partial charge in [0.15, 0.2) is 0 Å². The van der Waals surface area contributed by atoms with Crippen molar-refractivity contribution in [3.05, 3.63) is 33.9 Å². The SMILES string of the molecule is CCCNc1cc(CN2CCCC(O)C2)ccc1[N+](=O)[O-]. The number of piperidine rings is 1. The summed E-state index contributed by atoms with van der Waals surface area (Å²) in [4.78, 5) is 12.9. The zero-order chi connectivity index (χ0) is 15.2. The minimum atomic E-state index is -0.355. The molecule has 0 spiro atoms. The molecule has 1 unspecified atom stereocenters. The molecule has 1 saturated heterocycles. The molecule has 0 amide bonds. The largest absolute Gasteiger partial charge is 0.392 e. The fourth-order valence-corrected chi connectivity index (χ4v) is 2.67. The molecule has 6 heteroatoms. The molecular weight excluding hydrogens is 270 g/mol. The van der Waals surface area contributed by atoms with Crippen molar-refractivity contribution < 1.29 is 10.0 Å². The molecule has 1 aromatic carbocycles. The van der Waals surface area contributed by atoms with Gasteiger partial charge in [-0.05, 0) is 37.4 Å². The summed E-state index contributed by atoms with van der Waals surface area (Å²) < 4.78 is 0. The molecule has 1 aromatic rings. The number of likely N-dealkylation sites (tertiary alicyclic amines) is 1. The van der Waals surface area contributed by atoms with Crippen molar-refractivity contribution >= 4 is 11.4 Å². The minimum absolute atomic E-state index is 0.117. The Morgan fingerprint density at radius 2 is 2.33 bits per heavy atom. The second-order valence-corrected chi connectivity index (χ2v) is 5.57. The van der Waals surface area contributed by atoms with Gasteiger partial charge < -0.3 is 10.4 Å². The summed E-state index contributed by atoms with van der Waals surface area (Å²) >= 11 is 0. The number of aliphatic hydroxyl groups is 1. The van der Waals surface area contributed by atoms with Crippen LogP contribution in [-0.2, 0) is 6.54 Å². The second-order valence-electron chi connectivity index (χ2n) is 5.57. The molecule has 116 valence electrons. The van der Waals surface area contributed by atoms with E-state index in [2.05, 4.69) is 10.2 Å². The third kappa shape index (κ3) is 4.41. The number of anilines is 1. The number of hydrogen-bond acceptors (Lipinski definition) is 5. The molecule has 1 aliphatic heterocycles. The van der Waals surface area contributed by atoms with E-state index in [4.69, 9.17) is 0 Å². The molecule has 1 atom stereocenters. The van der Waals surface area contributed by atoms with Crippen LogP contribution in [0.2, 0.25) is 0 Å². The minimum Gasteiger partial charge on any atom is -0.392 e. The van der Waals surface area contributed by atoms with Gasteiger partial charge >= 0.3 is 0 Å². The highest BCUT2D eigenvalue weighted by Gasteiger charge is 2.19. The number of nitrogens with one attached hydrogen (secondary N) is 1. The van der Waals surface area contributed by atoms with Crippen LogP contribution in [0.15, 0.2) is 18.2 Å². The van der Waals surface area contributed by atoms with E-state index in [9.17, 15) is 15.2 Å². The van der Waals surface area contributed by atoms with Crippen molar-refractivity contribution in [2.75, 3.05) is 25.0 Å². The molecule has 0 bridgehead atoms. The molecule has 0 saturated carbocycles. The first kappa shape index (κ1) is 15.7. The zero-order valence-corrected chi connectivity index (χ0v) is 12.4. The van der Waals surface area contributed by atoms with Gasteiger partial charge in [-0.3, -0.25) is 15.0 Å². The standard InChI is InChI=1S/C15H23N3O3/c1-2-7-16-14-9-12(5-6-15(14)18(20)21)10-17-8-3-4-13(19)11-17/h5-6,9,13,16,19H,2-4,7-8,10-11H2,1H3. The zero-order valence-electron chi connectivity index (χ0n) is 12.4. The van der Waals surface area contributed by atoms with Crippen LogP contribution >= 0.6 is 0 Å². The van der Waals surface area contributed by atoms with Crippen molar-refractivity contribution in [3.63, 3.8) is 0 Å². The summed E-state index contributed by atoms with van der Waals surface area (Å²) in [5, 5.41) is 23.9. The van der Waals surface area contributed by atoms with Crippen LogP contribution in [0, 0.1) is 10.1 Å². The van der Waals surface area contributed by atoms with Crippen LogP contribution < -0.4 is 5.32 Å². The molecule has 0 radical (unpaired) electrons. The molecule has 0 aromatic heterocycles. The highest BCUT2D eigenvalue weighted by Crippen LogP contribution is 2.26. The summed E-state index contributed by atoms with van der Waals surface area (Å²) in [7, 11) is 0. The Morgan fingerprint density at radius 3 is 3.00 bits per heavy atom. The number of nitro benzene ring substituents is 1. The summed E-state index contributed by atoms with van der Waals surface area (Å²) in [6, 6.07) is 5.22. The lowest BCUT2D eigenvalue weighted by molar-refractivity contribution is -0.384. The Bertz CT molecular complexity index is 493. The predicted molar refractivity (Wildman–Crippen MR) is 82.4 cm³/mol. The number of nitro groups is 1. The van der Waals surface area contributed by atoms with Crippen LogP contribution in [0.5, 0.6) is 0 Å². The Morgan fingerprint density at radius 1 is 1.52 bits per heavy atom.